The van der Waals surface area contributed by atoms with Crippen molar-refractivity contribution in [1.29, 1.82) is 0 Å². The van der Waals surface area contributed by atoms with Crippen LogP contribution in [0.1, 0.15) is 47.5 Å². The molecule has 0 aliphatic carbocycles. The number of amidine groups is 1. The van der Waals surface area contributed by atoms with E-state index in [4.69, 9.17) is 10.9 Å². The van der Waals surface area contributed by atoms with Gasteiger partial charge in [0.15, 0.2) is 0 Å². The summed E-state index contributed by atoms with van der Waals surface area (Å²) in [6.07, 6.45) is 1.64. The van der Waals surface area contributed by atoms with Crippen LogP contribution >= 0.6 is 0 Å². The van der Waals surface area contributed by atoms with E-state index >= 15 is 0 Å². The number of nitrogens with zero attached hydrogens (tertiary/aromatic N) is 1. The first-order valence-electron chi connectivity index (χ1n) is 6.58. The third-order valence-electron chi connectivity index (χ3n) is 2.76. The first-order chi connectivity index (χ1) is 8.58. The highest BCUT2D eigenvalue weighted by molar-refractivity contribution is 5.85. The van der Waals surface area contributed by atoms with Gasteiger partial charge < -0.3 is 21.6 Å². The number of nitrogens with one attached hydrogen (secondary N) is 2. The lowest BCUT2D eigenvalue weighted by Gasteiger charge is -2.23. The molecule has 0 saturated heterocycles. The van der Waals surface area contributed by atoms with Crippen LogP contribution in [0.4, 0.5) is 0 Å². The highest BCUT2D eigenvalue weighted by atomic mass is 16.4. The number of oxime groups is 1. The Morgan fingerprint density at radius 2 is 1.84 bits per heavy atom. The van der Waals surface area contributed by atoms with Crippen LogP contribution in [0.3, 0.4) is 0 Å². The predicted molar refractivity (Wildman–Crippen MR) is 77.2 cm³/mol. The molecule has 0 aromatic carbocycles. The molecule has 6 heteroatoms. The third kappa shape index (κ3) is 8.42. The van der Waals surface area contributed by atoms with Gasteiger partial charge in [-0.1, -0.05) is 19.0 Å². The lowest BCUT2D eigenvalue weighted by molar-refractivity contribution is -0.121. The molecule has 19 heavy (non-hydrogen) atoms. The molecular formula is C13H28N4O2. The van der Waals surface area contributed by atoms with Crippen LogP contribution in [0.2, 0.25) is 0 Å². The average molecular weight is 272 g/mol. The van der Waals surface area contributed by atoms with E-state index in [0.717, 1.165) is 19.4 Å². The van der Waals surface area contributed by atoms with Crippen molar-refractivity contribution < 1.29 is 10.0 Å². The SMILES string of the molecule is CC(C)(C)NC(=O)CNCCCC(C)(C)C(N)=NO. The van der Waals surface area contributed by atoms with Crippen LogP contribution in [0.25, 0.3) is 0 Å². The van der Waals surface area contributed by atoms with Gasteiger partial charge in [-0.25, -0.2) is 0 Å². The van der Waals surface area contributed by atoms with Crippen molar-refractivity contribution in [1.82, 2.24) is 10.6 Å². The lowest BCUT2D eigenvalue weighted by atomic mass is 9.86. The molecule has 0 saturated carbocycles. The van der Waals surface area contributed by atoms with Gasteiger partial charge in [-0.2, -0.15) is 0 Å². The van der Waals surface area contributed by atoms with E-state index in [1.165, 1.54) is 0 Å². The van der Waals surface area contributed by atoms with Gasteiger partial charge in [-0.05, 0) is 40.2 Å². The van der Waals surface area contributed by atoms with E-state index < -0.39 is 0 Å². The van der Waals surface area contributed by atoms with Crippen molar-refractivity contribution in [3.63, 3.8) is 0 Å². The number of amides is 1. The normalized spacial score (nSPS) is 13.4. The number of nitrogens with two attached hydrogens (primary N) is 1. The minimum Gasteiger partial charge on any atom is -0.409 e. The summed E-state index contributed by atoms with van der Waals surface area (Å²) in [5.74, 6) is 0.223. The van der Waals surface area contributed by atoms with Crippen LogP contribution in [0.5, 0.6) is 0 Å². The second-order valence-electron chi connectivity index (χ2n) is 6.45. The first-order valence-corrected chi connectivity index (χ1v) is 6.58. The second-order valence-corrected chi connectivity index (χ2v) is 6.45. The summed E-state index contributed by atoms with van der Waals surface area (Å²) in [5.41, 5.74) is 5.07. The number of carbonyl (C=O) groups is 1. The summed E-state index contributed by atoms with van der Waals surface area (Å²) < 4.78 is 0. The minimum atomic E-state index is -0.329. The zero-order valence-electron chi connectivity index (χ0n) is 12.7. The zero-order chi connectivity index (χ0) is 15.1. The largest absolute Gasteiger partial charge is 0.409 e. The van der Waals surface area contributed by atoms with E-state index in [9.17, 15) is 4.79 Å². The molecule has 0 fully saturated rings. The van der Waals surface area contributed by atoms with Crippen molar-refractivity contribution in [3.8, 4) is 0 Å². The minimum absolute atomic E-state index is 0.0109. The van der Waals surface area contributed by atoms with Gasteiger partial charge in [-0.3, -0.25) is 4.79 Å². The summed E-state index contributed by atoms with van der Waals surface area (Å²) in [5, 5.41) is 17.6. The molecule has 0 spiro atoms. The van der Waals surface area contributed by atoms with E-state index in [1.54, 1.807) is 0 Å². The number of rotatable bonds is 7. The topological polar surface area (TPSA) is 99.7 Å². The maximum atomic E-state index is 11.5. The second kappa shape index (κ2) is 7.33. The molecule has 0 unspecified atom stereocenters. The molecule has 0 aliphatic heterocycles. The number of carbonyl (C=O) groups excluding carboxylic acids is 1. The van der Waals surface area contributed by atoms with Crippen LogP contribution < -0.4 is 16.4 Å². The fourth-order valence-electron chi connectivity index (χ4n) is 1.58. The smallest absolute Gasteiger partial charge is 0.234 e. The molecule has 5 N–H and O–H groups in total. The average Bonchev–Trinajstić information content (AvgIpc) is 2.24. The van der Waals surface area contributed by atoms with E-state index in [-0.39, 0.29) is 22.7 Å². The Hall–Kier alpha value is -1.30. The molecule has 0 heterocycles. The van der Waals surface area contributed by atoms with Gasteiger partial charge in [0.05, 0.1) is 6.54 Å². The van der Waals surface area contributed by atoms with Crippen LogP contribution in [-0.4, -0.2) is 35.6 Å². The standard InChI is InChI=1S/C13H28N4O2/c1-12(2,3)16-10(18)9-15-8-6-7-13(4,5)11(14)17-19/h15,19H,6-9H2,1-5H3,(H2,14,17)(H,16,18). The van der Waals surface area contributed by atoms with Crippen molar-refractivity contribution in [2.75, 3.05) is 13.1 Å². The van der Waals surface area contributed by atoms with Crippen molar-refractivity contribution in [2.45, 2.75) is 53.0 Å². The van der Waals surface area contributed by atoms with Gasteiger partial charge in [0.25, 0.3) is 0 Å². The van der Waals surface area contributed by atoms with Gasteiger partial charge in [0.1, 0.15) is 5.84 Å². The van der Waals surface area contributed by atoms with Crippen LogP contribution in [-0.2, 0) is 4.79 Å². The summed E-state index contributed by atoms with van der Waals surface area (Å²) in [6.45, 7) is 10.7. The molecular weight excluding hydrogens is 244 g/mol. The van der Waals surface area contributed by atoms with E-state index in [1.807, 2.05) is 34.6 Å². The molecule has 0 radical (unpaired) electrons. The molecule has 0 aliphatic rings. The highest BCUT2D eigenvalue weighted by Crippen LogP contribution is 2.21. The Morgan fingerprint density at radius 3 is 2.32 bits per heavy atom. The monoisotopic (exact) mass is 272 g/mol. The Labute approximate surface area is 115 Å². The molecule has 0 aromatic heterocycles. The molecule has 0 atom stereocenters. The van der Waals surface area contributed by atoms with Gasteiger partial charge in [0, 0.05) is 11.0 Å². The van der Waals surface area contributed by atoms with E-state index in [2.05, 4.69) is 15.8 Å². The van der Waals surface area contributed by atoms with Gasteiger partial charge in [-0.15, -0.1) is 0 Å². The van der Waals surface area contributed by atoms with Crippen LogP contribution in [0, 0.1) is 5.41 Å². The molecule has 1 amide bonds. The summed E-state index contributed by atoms with van der Waals surface area (Å²) in [6, 6.07) is 0. The Kier molecular flexibility index (Phi) is 6.83. The van der Waals surface area contributed by atoms with Crippen molar-refractivity contribution in [3.05, 3.63) is 0 Å². The third-order valence-corrected chi connectivity index (χ3v) is 2.76. The van der Waals surface area contributed by atoms with Gasteiger partial charge >= 0.3 is 0 Å². The molecule has 112 valence electrons. The Balaban J connectivity index is 3.80. The van der Waals surface area contributed by atoms with Crippen LogP contribution in [0.15, 0.2) is 5.16 Å². The quantitative estimate of drug-likeness (QED) is 0.183. The fraction of sp³-hybridized carbons (Fsp3) is 0.846. The Bertz CT molecular complexity index is 319. The highest BCUT2D eigenvalue weighted by Gasteiger charge is 2.22. The van der Waals surface area contributed by atoms with Crippen molar-refractivity contribution in [2.24, 2.45) is 16.3 Å². The molecule has 0 bridgehead atoms. The van der Waals surface area contributed by atoms with E-state index in [0.29, 0.717) is 6.54 Å². The number of hydrogen-bond acceptors (Lipinski definition) is 4. The Morgan fingerprint density at radius 1 is 1.26 bits per heavy atom. The predicted octanol–water partition coefficient (Wildman–Crippen LogP) is 1.04. The fourth-order valence-corrected chi connectivity index (χ4v) is 1.58. The maximum absolute atomic E-state index is 11.5. The zero-order valence-corrected chi connectivity index (χ0v) is 12.7. The lowest BCUT2D eigenvalue weighted by Crippen LogP contribution is -2.45. The van der Waals surface area contributed by atoms with Gasteiger partial charge in [0.2, 0.25) is 5.91 Å². The van der Waals surface area contributed by atoms with Crippen molar-refractivity contribution >= 4 is 11.7 Å². The summed E-state index contributed by atoms with van der Waals surface area (Å²) in [4.78, 5) is 11.5. The summed E-state index contributed by atoms with van der Waals surface area (Å²) in [7, 11) is 0. The summed E-state index contributed by atoms with van der Waals surface area (Å²) >= 11 is 0. The molecule has 6 nitrogen and oxygen atoms in total. The first kappa shape index (κ1) is 17.7. The number of hydrogen-bond donors (Lipinski definition) is 4. The molecule has 0 rings (SSSR count). The maximum Gasteiger partial charge on any atom is 0.234 e. The molecule has 0 aromatic rings.